The average molecular weight is 295 g/mol. The van der Waals surface area contributed by atoms with Gasteiger partial charge < -0.3 is 14.9 Å². The molecule has 1 atom stereocenters. The highest BCUT2D eigenvalue weighted by atomic mass is 16.5. The summed E-state index contributed by atoms with van der Waals surface area (Å²) in [6, 6.07) is 7.55. The van der Waals surface area contributed by atoms with Crippen LogP contribution in [0.15, 0.2) is 24.3 Å². The first-order valence-corrected chi connectivity index (χ1v) is 7.21. The van der Waals surface area contributed by atoms with E-state index in [0.717, 1.165) is 5.56 Å². The first-order chi connectivity index (χ1) is 9.89. The summed E-state index contributed by atoms with van der Waals surface area (Å²) in [6.07, 6.45) is 0.880. The Morgan fingerprint density at radius 2 is 2.05 bits per heavy atom. The number of aliphatic carboxylic acids is 1. The van der Waals surface area contributed by atoms with Crippen LogP contribution in [-0.4, -0.2) is 41.0 Å². The Bertz CT molecular complexity index is 461. The van der Waals surface area contributed by atoms with Crippen molar-refractivity contribution in [2.24, 2.45) is 0 Å². The molecule has 118 valence electrons. The van der Waals surface area contributed by atoms with Gasteiger partial charge in [0.15, 0.2) is 0 Å². The quantitative estimate of drug-likeness (QED) is 0.648. The lowest BCUT2D eigenvalue weighted by Crippen LogP contribution is -2.53. The first-order valence-electron chi connectivity index (χ1n) is 7.21. The van der Waals surface area contributed by atoms with Gasteiger partial charge in [0.05, 0.1) is 6.61 Å². The molecule has 0 fully saturated rings. The third-order valence-electron chi connectivity index (χ3n) is 3.29. The third-order valence-corrected chi connectivity index (χ3v) is 3.29. The van der Waals surface area contributed by atoms with Crippen LogP contribution in [-0.2, 0) is 11.2 Å². The van der Waals surface area contributed by atoms with Crippen molar-refractivity contribution in [3.05, 3.63) is 29.8 Å². The lowest BCUT2D eigenvalue weighted by Gasteiger charge is -2.28. The Hall–Kier alpha value is -1.59. The minimum absolute atomic E-state index is 0.0577. The van der Waals surface area contributed by atoms with E-state index >= 15 is 0 Å². The summed E-state index contributed by atoms with van der Waals surface area (Å²) in [4.78, 5) is 11.4. The Labute approximate surface area is 125 Å². The van der Waals surface area contributed by atoms with Crippen LogP contribution in [0.2, 0.25) is 0 Å². The lowest BCUT2D eigenvalue weighted by atomic mass is 9.97. The lowest BCUT2D eigenvalue weighted by molar-refractivity contribution is -0.145. The standard InChI is InChI=1S/C16H25NO4/c1-12(2)17-16(3,15(19)20)9-11-21-14-7-5-4-6-13(14)8-10-18/h4-7,12,17-18H,8-11H2,1-3H3,(H,19,20). The number of aliphatic hydroxyl groups excluding tert-OH is 1. The number of aliphatic hydroxyl groups is 1. The van der Waals surface area contributed by atoms with Crippen molar-refractivity contribution in [1.29, 1.82) is 0 Å². The van der Waals surface area contributed by atoms with Gasteiger partial charge in [0.25, 0.3) is 0 Å². The zero-order valence-corrected chi connectivity index (χ0v) is 12.9. The fourth-order valence-electron chi connectivity index (χ4n) is 2.21. The van der Waals surface area contributed by atoms with E-state index < -0.39 is 11.5 Å². The number of nitrogens with one attached hydrogen (secondary N) is 1. The fourth-order valence-corrected chi connectivity index (χ4v) is 2.21. The highest BCUT2D eigenvalue weighted by Gasteiger charge is 2.33. The van der Waals surface area contributed by atoms with Crippen molar-refractivity contribution in [3.63, 3.8) is 0 Å². The molecule has 1 unspecified atom stereocenters. The van der Waals surface area contributed by atoms with Gasteiger partial charge in [-0.15, -0.1) is 0 Å². The largest absolute Gasteiger partial charge is 0.493 e. The van der Waals surface area contributed by atoms with Crippen LogP contribution in [0.1, 0.15) is 32.8 Å². The summed E-state index contributed by atoms with van der Waals surface area (Å²) < 4.78 is 5.70. The van der Waals surface area contributed by atoms with Gasteiger partial charge in [-0.1, -0.05) is 18.2 Å². The van der Waals surface area contributed by atoms with Gasteiger partial charge in [0, 0.05) is 19.1 Å². The molecule has 0 heterocycles. The van der Waals surface area contributed by atoms with Crippen LogP contribution in [0.3, 0.4) is 0 Å². The normalized spacial score (nSPS) is 14.0. The molecule has 0 bridgehead atoms. The summed E-state index contributed by atoms with van der Waals surface area (Å²) in [5.74, 6) is -0.188. The van der Waals surface area contributed by atoms with Gasteiger partial charge in [-0.25, -0.2) is 0 Å². The maximum Gasteiger partial charge on any atom is 0.323 e. The molecule has 0 aliphatic carbocycles. The van der Waals surface area contributed by atoms with Crippen LogP contribution in [0.25, 0.3) is 0 Å². The number of carboxylic acids is 1. The van der Waals surface area contributed by atoms with Crippen molar-refractivity contribution in [1.82, 2.24) is 5.32 Å². The van der Waals surface area contributed by atoms with Gasteiger partial charge in [0.1, 0.15) is 11.3 Å². The third kappa shape index (κ3) is 5.36. The molecule has 1 rings (SSSR count). The molecule has 1 aromatic carbocycles. The molecule has 0 radical (unpaired) electrons. The number of hydrogen-bond acceptors (Lipinski definition) is 4. The van der Waals surface area contributed by atoms with E-state index in [1.165, 1.54) is 0 Å². The molecule has 0 saturated heterocycles. The summed E-state index contributed by atoms with van der Waals surface area (Å²) >= 11 is 0. The predicted molar refractivity (Wildman–Crippen MR) is 81.7 cm³/mol. The van der Waals surface area contributed by atoms with E-state index in [9.17, 15) is 9.90 Å². The molecule has 5 nitrogen and oxygen atoms in total. The molecule has 3 N–H and O–H groups in total. The number of benzene rings is 1. The zero-order chi connectivity index (χ0) is 15.9. The van der Waals surface area contributed by atoms with Crippen molar-refractivity contribution < 1.29 is 19.7 Å². The Morgan fingerprint density at radius 1 is 1.38 bits per heavy atom. The van der Waals surface area contributed by atoms with E-state index in [0.29, 0.717) is 25.2 Å². The Morgan fingerprint density at radius 3 is 2.62 bits per heavy atom. The molecular weight excluding hydrogens is 270 g/mol. The van der Waals surface area contributed by atoms with E-state index in [4.69, 9.17) is 9.84 Å². The van der Waals surface area contributed by atoms with Gasteiger partial charge in [-0.2, -0.15) is 0 Å². The van der Waals surface area contributed by atoms with Gasteiger partial charge in [0.2, 0.25) is 0 Å². The maximum absolute atomic E-state index is 11.4. The monoisotopic (exact) mass is 295 g/mol. The Kier molecular flexibility index (Phi) is 6.65. The SMILES string of the molecule is CC(C)NC(C)(CCOc1ccccc1CCO)C(=O)O. The summed E-state index contributed by atoms with van der Waals surface area (Å²) in [5.41, 5.74) is -0.0889. The van der Waals surface area contributed by atoms with Crippen LogP contribution in [0, 0.1) is 0 Å². The Balaban J connectivity index is 2.64. The molecule has 1 aromatic rings. The maximum atomic E-state index is 11.4. The predicted octanol–water partition coefficient (Wildman–Crippen LogP) is 1.83. The molecule has 0 aliphatic rings. The number of carbonyl (C=O) groups is 1. The summed E-state index contributed by atoms with van der Waals surface area (Å²) in [7, 11) is 0. The topological polar surface area (TPSA) is 78.8 Å². The minimum Gasteiger partial charge on any atom is -0.493 e. The van der Waals surface area contributed by atoms with Crippen LogP contribution in [0.5, 0.6) is 5.75 Å². The molecular formula is C16H25NO4. The molecule has 0 aliphatic heterocycles. The van der Waals surface area contributed by atoms with Crippen molar-refractivity contribution in [3.8, 4) is 5.75 Å². The van der Waals surface area contributed by atoms with E-state index in [2.05, 4.69) is 5.32 Å². The van der Waals surface area contributed by atoms with Gasteiger partial charge in [-0.3, -0.25) is 10.1 Å². The van der Waals surface area contributed by atoms with Crippen LogP contribution >= 0.6 is 0 Å². The van der Waals surface area contributed by atoms with Gasteiger partial charge >= 0.3 is 5.97 Å². The highest BCUT2D eigenvalue weighted by Crippen LogP contribution is 2.20. The zero-order valence-electron chi connectivity index (χ0n) is 12.9. The molecule has 0 amide bonds. The number of hydrogen-bond donors (Lipinski definition) is 3. The van der Waals surface area contributed by atoms with E-state index in [1.54, 1.807) is 6.92 Å². The second kappa shape index (κ2) is 8.00. The summed E-state index contributed by atoms with van der Waals surface area (Å²) in [6.45, 7) is 5.85. The second-order valence-electron chi connectivity index (χ2n) is 5.62. The number of para-hydroxylation sites is 1. The van der Waals surface area contributed by atoms with E-state index in [1.807, 2.05) is 38.1 Å². The number of rotatable bonds is 9. The molecule has 21 heavy (non-hydrogen) atoms. The minimum atomic E-state index is -1.01. The highest BCUT2D eigenvalue weighted by molar-refractivity contribution is 5.78. The average Bonchev–Trinajstić information content (AvgIpc) is 2.40. The fraction of sp³-hybridized carbons (Fsp3) is 0.562. The van der Waals surface area contributed by atoms with Crippen molar-refractivity contribution >= 4 is 5.97 Å². The first kappa shape index (κ1) is 17.5. The second-order valence-corrected chi connectivity index (χ2v) is 5.62. The van der Waals surface area contributed by atoms with E-state index in [-0.39, 0.29) is 12.6 Å². The molecule has 0 saturated carbocycles. The molecule has 5 heteroatoms. The van der Waals surface area contributed by atoms with Crippen LogP contribution in [0.4, 0.5) is 0 Å². The van der Waals surface area contributed by atoms with Gasteiger partial charge in [-0.05, 0) is 38.8 Å². The molecule has 0 aromatic heterocycles. The van der Waals surface area contributed by atoms with Crippen molar-refractivity contribution in [2.45, 2.75) is 45.2 Å². The smallest absolute Gasteiger partial charge is 0.323 e. The van der Waals surface area contributed by atoms with Crippen LogP contribution < -0.4 is 10.1 Å². The van der Waals surface area contributed by atoms with Crippen molar-refractivity contribution in [2.75, 3.05) is 13.2 Å². The molecule has 0 spiro atoms. The number of ether oxygens (including phenoxy) is 1. The number of carboxylic acid groups (broad SMARTS) is 1. The summed E-state index contributed by atoms with van der Waals surface area (Å²) in [5, 5.41) is 21.5.